The standard InChI is InChI=1S/C17H18Cl2N2S/c1-10-8-14(22-9-10)16-11(4-2-3-7-20)15-12(18)5-6-13(19)17(15)21-16/h5-6,8-9,21H,2-4,7,20H2,1H3. The summed E-state index contributed by atoms with van der Waals surface area (Å²) in [7, 11) is 0. The van der Waals surface area contributed by atoms with E-state index in [1.807, 2.05) is 12.1 Å². The molecule has 116 valence electrons. The molecule has 0 amide bonds. The van der Waals surface area contributed by atoms with Gasteiger partial charge in [-0.05, 0) is 67.4 Å². The minimum atomic E-state index is 0.707. The van der Waals surface area contributed by atoms with Gasteiger partial charge in [0.25, 0.3) is 0 Å². The van der Waals surface area contributed by atoms with Crippen molar-refractivity contribution >= 4 is 45.4 Å². The number of halogens is 2. The largest absolute Gasteiger partial charge is 0.352 e. The number of aromatic amines is 1. The molecule has 0 bridgehead atoms. The fraction of sp³-hybridized carbons (Fsp3) is 0.294. The number of thiophene rings is 1. The molecule has 3 aromatic rings. The molecule has 0 aliphatic carbocycles. The molecule has 3 rings (SSSR count). The highest BCUT2D eigenvalue weighted by Crippen LogP contribution is 2.40. The van der Waals surface area contributed by atoms with Crippen LogP contribution in [0.5, 0.6) is 0 Å². The molecule has 0 fully saturated rings. The molecule has 22 heavy (non-hydrogen) atoms. The van der Waals surface area contributed by atoms with E-state index in [0.29, 0.717) is 11.6 Å². The van der Waals surface area contributed by atoms with Gasteiger partial charge in [-0.25, -0.2) is 0 Å². The second-order valence-electron chi connectivity index (χ2n) is 5.49. The zero-order valence-electron chi connectivity index (χ0n) is 12.4. The van der Waals surface area contributed by atoms with E-state index in [-0.39, 0.29) is 0 Å². The summed E-state index contributed by atoms with van der Waals surface area (Å²) in [6.45, 7) is 2.82. The van der Waals surface area contributed by atoms with Crippen LogP contribution >= 0.6 is 34.5 Å². The van der Waals surface area contributed by atoms with E-state index in [1.54, 1.807) is 11.3 Å². The first-order valence-corrected chi connectivity index (χ1v) is 8.99. The Balaban J connectivity index is 2.19. The molecular weight excluding hydrogens is 335 g/mol. The lowest BCUT2D eigenvalue weighted by Crippen LogP contribution is -1.99. The number of rotatable bonds is 5. The third-order valence-corrected chi connectivity index (χ3v) is 5.51. The lowest BCUT2D eigenvalue weighted by molar-refractivity contribution is 0.748. The maximum Gasteiger partial charge on any atom is 0.0666 e. The number of fused-ring (bicyclic) bond motifs is 1. The third kappa shape index (κ3) is 2.91. The number of nitrogens with two attached hydrogens (primary N) is 1. The lowest BCUT2D eigenvalue weighted by Gasteiger charge is -2.04. The zero-order valence-corrected chi connectivity index (χ0v) is 14.7. The fourth-order valence-corrected chi connectivity index (χ4v) is 4.17. The van der Waals surface area contributed by atoms with E-state index in [2.05, 4.69) is 23.4 Å². The van der Waals surface area contributed by atoms with Crippen molar-refractivity contribution in [3.8, 4) is 10.6 Å². The maximum absolute atomic E-state index is 6.45. The summed E-state index contributed by atoms with van der Waals surface area (Å²) < 4.78 is 0. The molecule has 0 aliphatic heterocycles. The van der Waals surface area contributed by atoms with E-state index < -0.39 is 0 Å². The highest BCUT2D eigenvalue weighted by atomic mass is 35.5. The highest BCUT2D eigenvalue weighted by Gasteiger charge is 2.18. The Labute approximate surface area is 144 Å². The summed E-state index contributed by atoms with van der Waals surface area (Å²) in [6.07, 6.45) is 3.00. The van der Waals surface area contributed by atoms with Crippen molar-refractivity contribution in [2.24, 2.45) is 5.73 Å². The van der Waals surface area contributed by atoms with E-state index >= 15 is 0 Å². The van der Waals surface area contributed by atoms with Gasteiger partial charge in [0.1, 0.15) is 0 Å². The average molecular weight is 353 g/mol. The summed E-state index contributed by atoms with van der Waals surface area (Å²) in [6, 6.07) is 5.91. The number of benzene rings is 1. The summed E-state index contributed by atoms with van der Waals surface area (Å²) in [5.41, 5.74) is 10.2. The molecule has 0 unspecified atom stereocenters. The van der Waals surface area contributed by atoms with E-state index in [9.17, 15) is 0 Å². The topological polar surface area (TPSA) is 41.8 Å². The number of hydrogen-bond donors (Lipinski definition) is 2. The Morgan fingerprint density at radius 3 is 2.64 bits per heavy atom. The Morgan fingerprint density at radius 1 is 1.18 bits per heavy atom. The number of H-pyrrole nitrogens is 1. The quantitative estimate of drug-likeness (QED) is 0.560. The van der Waals surface area contributed by atoms with Crippen molar-refractivity contribution in [1.29, 1.82) is 0 Å². The van der Waals surface area contributed by atoms with Gasteiger partial charge in [-0.2, -0.15) is 0 Å². The van der Waals surface area contributed by atoms with Gasteiger partial charge in [-0.1, -0.05) is 23.2 Å². The monoisotopic (exact) mass is 352 g/mol. The normalized spacial score (nSPS) is 11.5. The molecule has 1 aromatic carbocycles. The van der Waals surface area contributed by atoms with E-state index in [1.165, 1.54) is 16.0 Å². The van der Waals surface area contributed by atoms with Crippen LogP contribution in [0.25, 0.3) is 21.5 Å². The minimum Gasteiger partial charge on any atom is -0.352 e. The molecule has 0 saturated heterocycles. The molecule has 2 heterocycles. The first-order valence-electron chi connectivity index (χ1n) is 7.36. The molecule has 0 radical (unpaired) electrons. The van der Waals surface area contributed by atoms with Crippen LogP contribution in [-0.2, 0) is 6.42 Å². The number of unbranched alkanes of at least 4 members (excludes halogenated alkanes) is 1. The fourth-order valence-electron chi connectivity index (χ4n) is 2.76. The Morgan fingerprint density at radius 2 is 1.95 bits per heavy atom. The lowest BCUT2D eigenvalue weighted by atomic mass is 10.0. The van der Waals surface area contributed by atoms with Crippen LogP contribution in [0.3, 0.4) is 0 Å². The van der Waals surface area contributed by atoms with Crippen molar-refractivity contribution in [2.45, 2.75) is 26.2 Å². The van der Waals surface area contributed by atoms with Crippen LogP contribution in [0.2, 0.25) is 10.0 Å². The van der Waals surface area contributed by atoms with Crippen molar-refractivity contribution in [1.82, 2.24) is 4.98 Å². The highest BCUT2D eigenvalue weighted by molar-refractivity contribution is 7.13. The number of nitrogens with one attached hydrogen (secondary N) is 1. The van der Waals surface area contributed by atoms with Crippen LogP contribution in [0.15, 0.2) is 23.6 Å². The van der Waals surface area contributed by atoms with Gasteiger partial charge in [-0.3, -0.25) is 0 Å². The Hall–Kier alpha value is -1.00. The Kier molecular flexibility index (Phi) is 4.79. The predicted molar refractivity (Wildman–Crippen MR) is 98.4 cm³/mol. The molecule has 0 atom stereocenters. The second-order valence-corrected chi connectivity index (χ2v) is 7.22. The van der Waals surface area contributed by atoms with Crippen LogP contribution in [0, 0.1) is 6.92 Å². The van der Waals surface area contributed by atoms with Crippen LogP contribution in [-0.4, -0.2) is 11.5 Å². The molecule has 0 spiro atoms. The van der Waals surface area contributed by atoms with Gasteiger partial charge in [0.2, 0.25) is 0 Å². The van der Waals surface area contributed by atoms with Gasteiger partial charge in [0.05, 0.1) is 26.1 Å². The van der Waals surface area contributed by atoms with Gasteiger partial charge in [-0.15, -0.1) is 11.3 Å². The summed E-state index contributed by atoms with van der Waals surface area (Å²) in [4.78, 5) is 4.72. The number of hydrogen-bond acceptors (Lipinski definition) is 2. The van der Waals surface area contributed by atoms with Crippen LogP contribution in [0.4, 0.5) is 0 Å². The van der Waals surface area contributed by atoms with Crippen molar-refractivity contribution in [3.63, 3.8) is 0 Å². The van der Waals surface area contributed by atoms with Gasteiger partial charge in [0.15, 0.2) is 0 Å². The van der Waals surface area contributed by atoms with Gasteiger partial charge < -0.3 is 10.7 Å². The molecular formula is C17H18Cl2N2S. The number of aromatic nitrogens is 1. The van der Waals surface area contributed by atoms with Crippen LogP contribution in [0.1, 0.15) is 24.0 Å². The Bertz CT molecular complexity index is 804. The SMILES string of the molecule is Cc1csc(-c2[nH]c3c(Cl)ccc(Cl)c3c2CCCCN)c1. The predicted octanol–water partition coefficient (Wildman–Crippen LogP) is 5.79. The smallest absolute Gasteiger partial charge is 0.0666 e. The van der Waals surface area contributed by atoms with Crippen molar-refractivity contribution in [2.75, 3.05) is 6.54 Å². The molecule has 0 aliphatic rings. The maximum atomic E-state index is 6.45. The first-order chi connectivity index (χ1) is 10.6. The summed E-state index contributed by atoms with van der Waals surface area (Å²) in [5, 5.41) is 4.66. The zero-order chi connectivity index (χ0) is 15.7. The molecule has 2 nitrogen and oxygen atoms in total. The summed E-state index contributed by atoms with van der Waals surface area (Å²) in [5.74, 6) is 0. The van der Waals surface area contributed by atoms with Gasteiger partial charge >= 0.3 is 0 Å². The minimum absolute atomic E-state index is 0.707. The molecule has 2 aromatic heterocycles. The van der Waals surface area contributed by atoms with Crippen molar-refractivity contribution in [3.05, 3.63) is 44.8 Å². The molecule has 3 N–H and O–H groups in total. The van der Waals surface area contributed by atoms with Gasteiger partial charge in [0, 0.05) is 5.39 Å². The van der Waals surface area contributed by atoms with E-state index in [4.69, 9.17) is 28.9 Å². The summed E-state index contributed by atoms with van der Waals surface area (Å²) >= 11 is 14.6. The van der Waals surface area contributed by atoms with E-state index in [0.717, 1.165) is 40.9 Å². The van der Waals surface area contributed by atoms with Crippen molar-refractivity contribution < 1.29 is 0 Å². The number of aryl methyl sites for hydroxylation is 2. The first kappa shape index (κ1) is 15.9. The molecule has 0 saturated carbocycles. The third-order valence-electron chi connectivity index (χ3n) is 3.82. The van der Waals surface area contributed by atoms with Crippen LogP contribution < -0.4 is 5.73 Å². The molecule has 5 heteroatoms. The average Bonchev–Trinajstić information content (AvgIpc) is 3.08. The second kappa shape index (κ2) is 6.63.